The summed E-state index contributed by atoms with van der Waals surface area (Å²) in [5.74, 6) is -55.2. The van der Waals surface area contributed by atoms with Gasteiger partial charge < -0.3 is 10.5 Å². The van der Waals surface area contributed by atoms with E-state index in [-0.39, 0.29) is 5.69 Å². The molecule has 0 saturated carbocycles. The minimum atomic E-state index is -8.62. The summed E-state index contributed by atoms with van der Waals surface area (Å²) < 4.78 is 226. The minimum absolute atomic E-state index is 0.132. The third kappa shape index (κ3) is 4.16. The van der Waals surface area contributed by atoms with E-state index >= 15 is 0 Å². The molecule has 0 bridgehead atoms. The van der Waals surface area contributed by atoms with E-state index in [0.717, 1.165) is 12.1 Å². The molecule has 0 aliphatic rings. The second kappa shape index (κ2) is 8.24. The molecule has 0 unspecified atom stereocenters. The van der Waals surface area contributed by atoms with Gasteiger partial charge in [0.15, 0.2) is 0 Å². The summed E-state index contributed by atoms with van der Waals surface area (Å²) in [5.41, 5.74) is 5.00. The molecule has 1 aromatic rings. The number of nitrogen functional groups attached to an aromatic ring is 1. The van der Waals surface area contributed by atoms with E-state index in [1.54, 1.807) is 0 Å². The largest absolute Gasteiger partial charge is 0.460 e. The highest BCUT2D eigenvalue weighted by molar-refractivity contribution is 5.42. The molecule has 1 aromatic carbocycles. The van der Waals surface area contributed by atoms with Gasteiger partial charge in [0.2, 0.25) is 5.83 Å². The molecular formula is C15H6F17NO. The van der Waals surface area contributed by atoms with Crippen molar-refractivity contribution < 1.29 is 79.4 Å². The lowest BCUT2D eigenvalue weighted by molar-refractivity contribution is -0.451. The zero-order chi connectivity index (χ0) is 27.3. The summed E-state index contributed by atoms with van der Waals surface area (Å²) in [4.78, 5) is 0. The summed E-state index contributed by atoms with van der Waals surface area (Å²) in [7, 11) is 0. The highest BCUT2D eigenvalue weighted by atomic mass is 19.4. The molecule has 0 atom stereocenters. The predicted molar refractivity (Wildman–Crippen MR) is 76.5 cm³/mol. The Morgan fingerprint density at radius 2 is 0.912 bits per heavy atom. The van der Waals surface area contributed by atoms with Crippen molar-refractivity contribution in [3.05, 3.63) is 36.1 Å². The van der Waals surface area contributed by atoms with E-state index in [4.69, 9.17) is 5.73 Å². The maximum absolute atomic E-state index is 13.6. The van der Waals surface area contributed by atoms with Crippen molar-refractivity contribution in [1.82, 2.24) is 0 Å². The highest BCUT2D eigenvalue weighted by Crippen LogP contribution is 2.63. The standard InChI is InChI=1S/C15H6F17NO/c16-7(8(17)34-6-3-1-5(33)2-4-6)9(18,19)10(20,21)11(22,23)12(24,25)13(26,27)14(28,29)15(30,31)32/h1-4H,33H2. The van der Waals surface area contributed by atoms with Crippen LogP contribution in [0.1, 0.15) is 0 Å². The van der Waals surface area contributed by atoms with Crippen molar-refractivity contribution in [2.75, 3.05) is 5.73 Å². The predicted octanol–water partition coefficient (Wildman–Crippen LogP) is 7.13. The second-order valence-electron chi connectivity index (χ2n) is 6.20. The van der Waals surface area contributed by atoms with Gasteiger partial charge in [0.25, 0.3) is 0 Å². The van der Waals surface area contributed by atoms with Crippen molar-refractivity contribution >= 4 is 5.69 Å². The van der Waals surface area contributed by atoms with Crippen molar-refractivity contribution in [2.24, 2.45) is 0 Å². The monoisotopic (exact) mass is 539 g/mol. The van der Waals surface area contributed by atoms with Crippen molar-refractivity contribution in [3.8, 4) is 5.75 Å². The first-order valence-corrected chi connectivity index (χ1v) is 7.73. The first-order chi connectivity index (χ1) is 14.8. The molecule has 0 heterocycles. The van der Waals surface area contributed by atoms with Crippen LogP contribution in [0.3, 0.4) is 0 Å². The number of hydrogen-bond donors (Lipinski definition) is 1. The molecule has 0 spiro atoms. The molecular weight excluding hydrogens is 533 g/mol. The summed E-state index contributed by atoms with van der Waals surface area (Å²) >= 11 is 0. The lowest BCUT2D eigenvalue weighted by Gasteiger charge is -2.41. The van der Waals surface area contributed by atoms with Crippen LogP contribution in [0, 0.1) is 0 Å². The molecule has 0 aromatic heterocycles. The first-order valence-electron chi connectivity index (χ1n) is 7.73. The van der Waals surface area contributed by atoms with Gasteiger partial charge >= 0.3 is 47.7 Å². The van der Waals surface area contributed by atoms with Gasteiger partial charge in [-0.1, -0.05) is 0 Å². The topological polar surface area (TPSA) is 35.2 Å². The Morgan fingerprint density at radius 3 is 1.29 bits per heavy atom. The SMILES string of the molecule is Nc1ccc(OC(F)=C(F)C(F)(F)C(F)(F)C(F)(F)C(F)(F)C(F)(F)C(F)(F)C(F)(F)F)cc1. The molecule has 0 radical (unpaired) electrons. The van der Waals surface area contributed by atoms with E-state index < -0.39 is 59.3 Å². The normalized spacial score (nSPS) is 15.8. The van der Waals surface area contributed by atoms with E-state index in [9.17, 15) is 74.6 Å². The van der Waals surface area contributed by atoms with Gasteiger partial charge in [0.1, 0.15) is 5.75 Å². The molecule has 34 heavy (non-hydrogen) atoms. The Labute approximate surface area is 175 Å². The zero-order valence-electron chi connectivity index (χ0n) is 15.2. The van der Waals surface area contributed by atoms with Crippen LogP contribution in [0.4, 0.5) is 80.3 Å². The first kappa shape index (κ1) is 29.4. The van der Waals surface area contributed by atoms with Crippen LogP contribution in [0.5, 0.6) is 5.75 Å². The number of hydrogen-bond acceptors (Lipinski definition) is 2. The fourth-order valence-corrected chi connectivity index (χ4v) is 1.91. The molecule has 0 aliphatic carbocycles. The van der Waals surface area contributed by atoms with Crippen LogP contribution >= 0.6 is 0 Å². The van der Waals surface area contributed by atoms with Crippen LogP contribution < -0.4 is 10.5 Å². The van der Waals surface area contributed by atoms with Crippen molar-refractivity contribution in [3.63, 3.8) is 0 Å². The molecule has 0 amide bonds. The Bertz CT molecular complexity index is 916. The maximum Gasteiger partial charge on any atom is 0.460 e. The molecule has 196 valence electrons. The minimum Gasteiger partial charge on any atom is -0.430 e. The second-order valence-corrected chi connectivity index (χ2v) is 6.20. The summed E-state index contributed by atoms with van der Waals surface area (Å²) in [6.45, 7) is 0. The van der Waals surface area contributed by atoms with E-state index in [2.05, 4.69) is 4.74 Å². The number of nitrogens with two attached hydrogens (primary N) is 1. The number of allylic oxidation sites excluding steroid dienone is 1. The van der Waals surface area contributed by atoms with Gasteiger partial charge in [-0.3, -0.25) is 0 Å². The molecule has 19 heteroatoms. The highest BCUT2D eigenvalue weighted by Gasteiger charge is 2.93. The Morgan fingerprint density at radius 1 is 0.559 bits per heavy atom. The average molecular weight is 539 g/mol. The smallest absolute Gasteiger partial charge is 0.430 e. The molecule has 0 fully saturated rings. The van der Waals surface area contributed by atoms with E-state index in [1.807, 2.05) is 0 Å². The van der Waals surface area contributed by atoms with Gasteiger partial charge in [-0.25, -0.2) is 0 Å². The number of rotatable bonds is 8. The Kier molecular flexibility index (Phi) is 7.13. The quantitative estimate of drug-likeness (QED) is 0.217. The maximum atomic E-state index is 13.6. The number of benzene rings is 1. The van der Waals surface area contributed by atoms with Crippen LogP contribution in [0.25, 0.3) is 0 Å². The van der Waals surface area contributed by atoms with Gasteiger partial charge in [-0.15, -0.1) is 0 Å². The fraction of sp³-hybridized carbons (Fsp3) is 0.467. The number of ether oxygens (including phenoxy) is 1. The van der Waals surface area contributed by atoms with E-state index in [1.165, 1.54) is 0 Å². The summed E-state index contributed by atoms with van der Waals surface area (Å²) in [6, 6.07) is -0.849. The zero-order valence-corrected chi connectivity index (χ0v) is 15.2. The lowest BCUT2D eigenvalue weighted by atomic mass is 9.91. The number of anilines is 1. The van der Waals surface area contributed by atoms with Crippen LogP contribution in [0.2, 0.25) is 0 Å². The van der Waals surface area contributed by atoms with Gasteiger partial charge in [-0.2, -0.15) is 74.6 Å². The Hall–Kier alpha value is -2.63. The summed E-state index contributed by atoms with van der Waals surface area (Å²) in [5, 5.41) is 0. The molecule has 0 aliphatic heterocycles. The number of alkyl halides is 15. The third-order valence-corrected chi connectivity index (χ3v) is 3.86. The van der Waals surface area contributed by atoms with Crippen LogP contribution in [-0.4, -0.2) is 41.7 Å². The molecule has 2 N–H and O–H groups in total. The van der Waals surface area contributed by atoms with Gasteiger partial charge in [-0.05, 0) is 24.3 Å². The average Bonchev–Trinajstić information content (AvgIpc) is 2.67. The Balaban J connectivity index is 3.57. The fourth-order valence-electron chi connectivity index (χ4n) is 1.91. The van der Waals surface area contributed by atoms with Crippen LogP contribution in [0.15, 0.2) is 36.1 Å². The third-order valence-electron chi connectivity index (χ3n) is 3.86. The van der Waals surface area contributed by atoms with Gasteiger partial charge in [0.05, 0.1) is 0 Å². The summed E-state index contributed by atoms with van der Waals surface area (Å²) in [6.07, 6.45) is -7.78. The number of halogens is 17. The van der Waals surface area contributed by atoms with Crippen LogP contribution in [-0.2, 0) is 0 Å². The van der Waals surface area contributed by atoms with Crippen molar-refractivity contribution in [1.29, 1.82) is 0 Å². The molecule has 2 nitrogen and oxygen atoms in total. The molecule has 0 saturated heterocycles. The van der Waals surface area contributed by atoms with E-state index in [0.29, 0.717) is 12.1 Å². The molecule has 1 rings (SSSR count). The lowest BCUT2D eigenvalue weighted by Crippen LogP contribution is -2.72. The van der Waals surface area contributed by atoms with Gasteiger partial charge in [0, 0.05) is 5.69 Å². The van der Waals surface area contributed by atoms with Crippen molar-refractivity contribution in [2.45, 2.75) is 41.7 Å².